The van der Waals surface area contributed by atoms with Crippen LogP contribution in [0.5, 0.6) is 0 Å². The average molecular weight is 293 g/mol. The van der Waals surface area contributed by atoms with Gasteiger partial charge >= 0.3 is 0 Å². The van der Waals surface area contributed by atoms with Crippen molar-refractivity contribution >= 4 is 11.6 Å². The molecule has 0 radical (unpaired) electrons. The van der Waals surface area contributed by atoms with Gasteiger partial charge in [0.05, 0.1) is 0 Å². The number of nitrogens with zero attached hydrogens (tertiary/aromatic N) is 4. The number of aromatic nitrogens is 2. The van der Waals surface area contributed by atoms with Crippen LogP contribution in [0.4, 0.5) is 11.6 Å². The summed E-state index contributed by atoms with van der Waals surface area (Å²) in [5.74, 6) is 2.98. The predicted octanol–water partition coefficient (Wildman–Crippen LogP) is 2.56. The molecule has 0 saturated heterocycles. The highest BCUT2D eigenvalue weighted by atomic mass is 15.2. The van der Waals surface area contributed by atoms with Gasteiger partial charge in [-0.1, -0.05) is 13.8 Å². The molecule has 21 heavy (non-hydrogen) atoms. The SMILES string of the molecule is CCCNc1nc(CCC)nc(N(C)CCN(C)C)c1C. The van der Waals surface area contributed by atoms with Crippen LogP contribution in [-0.4, -0.2) is 55.6 Å². The van der Waals surface area contributed by atoms with E-state index in [9.17, 15) is 0 Å². The summed E-state index contributed by atoms with van der Waals surface area (Å²) in [4.78, 5) is 13.9. The minimum Gasteiger partial charge on any atom is -0.370 e. The summed E-state index contributed by atoms with van der Waals surface area (Å²) in [5.41, 5.74) is 1.14. The molecule has 0 aliphatic rings. The van der Waals surface area contributed by atoms with E-state index in [1.165, 1.54) is 0 Å². The molecule has 1 aromatic heterocycles. The van der Waals surface area contributed by atoms with E-state index in [2.05, 4.69) is 62.0 Å². The fourth-order valence-corrected chi connectivity index (χ4v) is 2.13. The minimum atomic E-state index is 0.926. The fourth-order valence-electron chi connectivity index (χ4n) is 2.13. The highest BCUT2D eigenvalue weighted by molar-refractivity contribution is 5.58. The first-order valence-corrected chi connectivity index (χ1v) is 7.96. The lowest BCUT2D eigenvalue weighted by Crippen LogP contribution is -2.30. The van der Waals surface area contributed by atoms with E-state index in [1.54, 1.807) is 0 Å². The third kappa shape index (κ3) is 5.50. The maximum Gasteiger partial charge on any atom is 0.137 e. The van der Waals surface area contributed by atoms with Crippen molar-refractivity contribution in [3.63, 3.8) is 0 Å². The molecule has 0 saturated carbocycles. The maximum absolute atomic E-state index is 4.76. The fraction of sp³-hybridized carbons (Fsp3) is 0.750. The van der Waals surface area contributed by atoms with Crippen LogP contribution >= 0.6 is 0 Å². The molecular formula is C16H31N5. The molecule has 0 aliphatic heterocycles. The average Bonchev–Trinajstić information content (AvgIpc) is 2.45. The first kappa shape index (κ1) is 17.7. The Kier molecular flexibility index (Phi) is 7.43. The van der Waals surface area contributed by atoms with Crippen LogP contribution in [0, 0.1) is 6.92 Å². The van der Waals surface area contributed by atoms with E-state index in [-0.39, 0.29) is 0 Å². The Bertz CT molecular complexity index is 431. The third-order valence-corrected chi connectivity index (χ3v) is 3.43. The summed E-state index contributed by atoms with van der Waals surface area (Å²) in [7, 11) is 6.30. The van der Waals surface area contributed by atoms with Crippen molar-refractivity contribution in [2.45, 2.75) is 40.0 Å². The molecule has 0 amide bonds. The Balaban J connectivity index is 3.00. The monoisotopic (exact) mass is 293 g/mol. The van der Waals surface area contributed by atoms with Gasteiger partial charge in [-0.15, -0.1) is 0 Å². The Hall–Kier alpha value is -1.36. The molecule has 0 atom stereocenters. The van der Waals surface area contributed by atoms with Gasteiger partial charge in [0.25, 0.3) is 0 Å². The molecule has 1 N–H and O–H groups in total. The zero-order valence-electron chi connectivity index (χ0n) is 14.5. The molecule has 120 valence electrons. The second kappa shape index (κ2) is 8.82. The Labute approximate surface area is 129 Å². The van der Waals surface area contributed by atoms with E-state index >= 15 is 0 Å². The highest BCUT2D eigenvalue weighted by Crippen LogP contribution is 2.23. The summed E-state index contributed by atoms with van der Waals surface area (Å²) in [5, 5.41) is 3.43. The van der Waals surface area contributed by atoms with Gasteiger partial charge < -0.3 is 15.1 Å². The highest BCUT2D eigenvalue weighted by Gasteiger charge is 2.14. The lowest BCUT2D eigenvalue weighted by Gasteiger charge is -2.24. The first-order chi connectivity index (χ1) is 9.99. The molecule has 0 unspecified atom stereocenters. The van der Waals surface area contributed by atoms with E-state index in [0.29, 0.717) is 0 Å². The van der Waals surface area contributed by atoms with Gasteiger partial charge in [-0.3, -0.25) is 0 Å². The normalized spacial score (nSPS) is 11.0. The molecule has 1 heterocycles. The zero-order valence-corrected chi connectivity index (χ0v) is 14.5. The van der Waals surface area contributed by atoms with Crippen LogP contribution in [0.15, 0.2) is 0 Å². The standard InChI is InChI=1S/C16H31N5/c1-7-9-14-18-15(17-10-8-2)13(3)16(19-14)21(6)12-11-20(4)5/h7-12H2,1-6H3,(H,17,18,19). The van der Waals surface area contributed by atoms with Gasteiger partial charge in [0.1, 0.15) is 17.5 Å². The van der Waals surface area contributed by atoms with Crippen LogP contribution in [0.2, 0.25) is 0 Å². The van der Waals surface area contributed by atoms with Gasteiger partial charge in [0.15, 0.2) is 0 Å². The summed E-state index contributed by atoms with van der Waals surface area (Å²) in [6.07, 6.45) is 3.09. The third-order valence-electron chi connectivity index (χ3n) is 3.43. The molecule has 5 nitrogen and oxygen atoms in total. The van der Waals surface area contributed by atoms with Gasteiger partial charge in [-0.25, -0.2) is 9.97 Å². The summed E-state index contributed by atoms with van der Waals surface area (Å²) < 4.78 is 0. The Morgan fingerprint density at radius 2 is 1.71 bits per heavy atom. The second-order valence-corrected chi connectivity index (χ2v) is 5.84. The van der Waals surface area contributed by atoms with Crippen molar-refractivity contribution in [1.82, 2.24) is 14.9 Å². The summed E-state index contributed by atoms with van der Waals surface area (Å²) in [6, 6.07) is 0. The molecule has 0 fully saturated rings. The number of hydrogen-bond acceptors (Lipinski definition) is 5. The van der Waals surface area contributed by atoms with Crippen molar-refractivity contribution in [2.24, 2.45) is 0 Å². The Morgan fingerprint density at radius 1 is 1.00 bits per heavy atom. The molecule has 1 aromatic rings. The number of aryl methyl sites for hydroxylation is 1. The zero-order chi connectivity index (χ0) is 15.8. The van der Waals surface area contributed by atoms with Gasteiger partial charge in [-0.2, -0.15) is 0 Å². The smallest absolute Gasteiger partial charge is 0.137 e. The van der Waals surface area contributed by atoms with Gasteiger partial charge in [-0.05, 0) is 33.9 Å². The van der Waals surface area contributed by atoms with Crippen molar-refractivity contribution in [2.75, 3.05) is 51.0 Å². The number of rotatable bonds is 9. The van der Waals surface area contributed by atoms with E-state index in [4.69, 9.17) is 4.98 Å². The number of anilines is 2. The summed E-state index contributed by atoms with van der Waals surface area (Å²) in [6.45, 7) is 9.36. The molecule has 0 bridgehead atoms. The van der Waals surface area contributed by atoms with Crippen molar-refractivity contribution < 1.29 is 0 Å². The van der Waals surface area contributed by atoms with E-state index in [1.807, 2.05) is 0 Å². The number of hydrogen-bond donors (Lipinski definition) is 1. The molecule has 1 rings (SSSR count). The van der Waals surface area contributed by atoms with E-state index in [0.717, 1.165) is 61.9 Å². The minimum absolute atomic E-state index is 0.926. The molecule has 0 aromatic carbocycles. The molecule has 0 spiro atoms. The molecule has 0 aliphatic carbocycles. The van der Waals surface area contributed by atoms with Crippen molar-refractivity contribution in [3.8, 4) is 0 Å². The predicted molar refractivity (Wildman–Crippen MR) is 91.4 cm³/mol. The lowest BCUT2D eigenvalue weighted by atomic mass is 10.2. The van der Waals surface area contributed by atoms with Crippen molar-refractivity contribution in [1.29, 1.82) is 0 Å². The van der Waals surface area contributed by atoms with Crippen LogP contribution < -0.4 is 10.2 Å². The maximum atomic E-state index is 4.76. The van der Waals surface area contributed by atoms with E-state index < -0.39 is 0 Å². The van der Waals surface area contributed by atoms with Gasteiger partial charge in [0.2, 0.25) is 0 Å². The van der Waals surface area contributed by atoms with Crippen LogP contribution in [0.25, 0.3) is 0 Å². The van der Waals surface area contributed by atoms with Crippen LogP contribution in [0.1, 0.15) is 38.1 Å². The molecular weight excluding hydrogens is 262 g/mol. The molecule has 5 heteroatoms. The lowest BCUT2D eigenvalue weighted by molar-refractivity contribution is 0.416. The largest absolute Gasteiger partial charge is 0.370 e. The Morgan fingerprint density at radius 3 is 2.29 bits per heavy atom. The van der Waals surface area contributed by atoms with Crippen molar-refractivity contribution in [3.05, 3.63) is 11.4 Å². The van der Waals surface area contributed by atoms with Crippen LogP contribution in [0.3, 0.4) is 0 Å². The quantitative estimate of drug-likeness (QED) is 0.758. The summed E-state index contributed by atoms with van der Waals surface area (Å²) >= 11 is 0. The number of likely N-dealkylation sites (N-methyl/N-ethyl adjacent to an activating group) is 2. The first-order valence-electron chi connectivity index (χ1n) is 7.96. The number of nitrogens with one attached hydrogen (secondary N) is 1. The second-order valence-electron chi connectivity index (χ2n) is 5.84. The topological polar surface area (TPSA) is 44.3 Å². The van der Waals surface area contributed by atoms with Gasteiger partial charge in [0, 0.05) is 38.7 Å². The van der Waals surface area contributed by atoms with Crippen LogP contribution in [-0.2, 0) is 6.42 Å².